The number of benzene rings is 1. The minimum atomic E-state index is -0.525. The summed E-state index contributed by atoms with van der Waals surface area (Å²) in [7, 11) is 0. The molecule has 1 aromatic carbocycles. The summed E-state index contributed by atoms with van der Waals surface area (Å²) in [4.78, 5) is 38.4. The van der Waals surface area contributed by atoms with Gasteiger partial charge in [0, 0.05) is 16.2 Å². The molecule has 2 amide bonds. The number of aromatic nitrogens is 1. The average molecular weight is 438 g/mol. The molecule has 1 heterocycles. The number of pyridine rings is 1. The lowest BCUT2D eigenvalue weighted by atomic mass is 10.2. The number of aromatic amines is 1. The van der Waals surface area contributed by atoms with E-state index in [0.717, 1.165) is 0 Å². The largest absolute Gasteiger partial charge is 0.490 e. The molecule has 2 rings (SSSR count). The Bertz CT molecular complexity index is 882. The van der Waals surface area contributed by atoms with Crippen LogP contribution in [-0.2, 0) is 4.79 Å². The summed E-state index contributed by atoms with van der Waals surface area (Å²) >= 11 is 3.20. The van der Waals surface area contributed by atoms with Crippen LogP contribution < -0.4 is 25.7 Å². The van der Waals surface area contributed by atoms with Crippen molar-refractivity contribution in [2.24, 2.45) is 0 Å². The van der Waals surface area contributed by atoms with E-state index in [-0.39, 0.29) is 12.2 Å². The second-order valence-corrected chi connectivity index (χ2v) is 6.23. The van der Waals surface area contributed by atoms with Crippen molar-refractivity contribution >= 4 is 33.4 Å². The molecule has 0 fully saturated rings. The van der Waals surface area contributed by atoms with E-state index in [1.807, 2.05) is 13.8 Å². The Hall–Kier alpha value is -2.81. The number of nitrogens with one attached hydrogen (secondary N) is 3. The number of rotatable bonds is 8. The third kappa shape index (κ3) is 5.85. The molecule has 0 radical (unpaired) electrons. The SMILES string of the molecule is CCOc1ccc(C(=O)NCC(=O)Nc2cc(Br)c[nH]c2=O)cc1OCC. The van der Waals surface area contributed by atoms with Crippen LogP contribution in [0.3, 0.4) is 0 Å². The summed E-state index contributed by atoms with van der Waals surface area (Å²) in [5.41, 5.74) is -0.0240. The Kier molecular flexibility index (Phi) is 7.42. The standard InChI is InChI=1S/C18H20BrN3O5/c1-3-26-14-6-5-11(7-15(14)27-4-2)17(24)21-10-16(23)22-13-8-12(19)9-20-18(13)25/h5-9H,3-4,10H2,1-2H3,(H,20,25)(H,21,24)(H,22,23). The van der Waals surface area contributed by atoms with Gasteiger partial charge in [-0.3, -0.25) is 14.4 Å². The highest BCUT2D eigenvalue weighted by Gasteiger charge is 2.13. The van der Waals surface area contributed by atoms with Crippen molar-refractivity contribution < 1.29 is 19.1 Å². The fourth-order valence-electron chi connectivity index (χ4n) is 2.20. The number of amides is 2. The van der Waals surface area contributed by atoms with Crippen LogP contribution in [0.25, 0.3) is 0 Å². The summed E-state index contributed by atoms with van der Waals surface area (Å²) < 4.78 is 11.5. The van der Waals surface area contributed by atoms with Crippen LogP contribution in [0.5, 0.6) is 11.5 Å². The van der Waals surface area contributed by atoms with Crippen molar-refractivity contribution in [2.45, 2.75) is 13.8 Å². The molecule has 9 heteroatoms. The third-order valence-corrected chi connectivity index (χ3v) is 3.82. The lowest BCUT2D eigenvalue weighted by molar-refractivity contribution is -0.115. The van der Waals surface area contributed by atoms with Crippen molar-refractivity contribution in [1.82, 2.24) is 10.3 Å². The van der Waals surface area contributed by atoms with Gasteiger partial charge < -0.3 is 25.1 Å². The number of H-pyrrole nitrogens is 1. The first-order chi connectivity index (χ1) is 12.9. The second-order valence-electron chi connectivity index (χ2n) is 5.32. The van der Waals surface area contributed by atoms with Gasteiger partial charge in [0.15, 0.2) is 11.5 Å². The van der Waals surface area contributed by atoms with Gasteiger partial charge in [-0.05, 0) is 54.0 Å². The lowest BCUT2D eigenvalue weighted by Gasteiger charge is -2.12. The van der Waals surface area contributed by atoms with Gasteiger partial charge in [0.2, 0.25) is 5.91 Å². The van der Waals surface area contributed by atoms with E-state index in [4.69, 9.17) is 9.47 Å². The van der Waals surface area contributed by atoms with Gasteiger partial charge in [-0.25, -0.2) is 0 Å². The van der Waals surface area contributed by atoms with Crippen LogP contribution in [0.15, 0.2) is 39.7 Å². The number of carbonyl (C=O) groups excluding carboxylic acids is 2. The summed E-state index contributed by atoms with van der Waals surface area (Å²) in [6.45, 7) is 4.29. The Morgan fingerprint density at radius 2 is 1.81 bits per heavy atom. The first-order valence-electron chi connectivity index (χ1n) is 8.30. The monoisotopic (exact) mass is 437 g/mol. The third-order valence-electron chi connectivity index (χ3n) is 3.36. The predicted octanol–water partition coefficient (Wildman–Crippen LogP) is 2.30. The number of hydrogen-bond donors (Lipinski definition) is 3. The molecule has 0 atom stereocenters. The van der Waals surface area contributed by atoms with Crippen LogP contribution in [0.4, 0.5) is 5.69 Å². The van der Waals surface area contributed by atoms with E-state index in [9.17, 15) is 14.4 Å². The van der Waals surface area contributed by atoms with Gasteiger partial charge in [-0.15, -0.1) is 0 Å². The van der Waals surface area contributed by atoms with Gasteiger partial charge in [0.05, 0.1) is 19.8 Å². The van der Waals surface area contributed by atoms with Crippen molar-refractivity contribution in [2.75, 3.05) is 25.1 Å². The molecule has 0 unspecified atom stereocenters. The molecular weight excluding hydrogens is 418 g/mol. The minimum absolute atomic E-state index is 0.0864. The molecule has 3 N–H and O–H groups in total. The molecule has 0 spiro atoms. The van der Waals surface area contributed by atoms with Crippen LogP contribution in [0, 0.1) is 0 Å². The maximum atomic E-state index is 12.3. The van der Waals surface area contributed by atoms with Crippen LogP contribution in [0.1, 0.15) is 24.2 Å². The van der Waals surface area contributed by atoms with Crippen LogP contribution in [-0.4, -0.2) is 36.6 Å². The zero-order chi connectivity index (χ0) is 19.8. The quantitative estimate of drug-likeness (QED) is 0.586. The fraction of sp³-hybridized carbons (Fsp3) is 0.278. The lowest BCUT2D eigenvalue weighted by Crippen LogP contribution is -2.34. The van der Waals surface area contributed by atoms with Crippen molar-refractivity contribution in [3.8, 4) is 11.5 Å². The summed E-state index contributed by atoms with van der Waals surface area (Å²) in [5.74, 6) is 0.0277. The molecule has 2 aromatic rings. The zero-order valence-corrected chi connectivity index (χ0v) is 16.5. The van der Waals surface area contributed by atoms with Crippen LogP contribution in [0.2, 0.25) is 0 Å². The normalized spacial score (nSPS) is 10.2. The van der Waals surface area contributed by atoms with Gasteiger partial charge in [0.1, 0.15) is 5.69 Å². The van der Waals surface area contributed by atoms with Gasteiger partial charge >= 0.3 is 0 Å². The summed E-state index contributed by atoms with van der Waals surface area (Å²) in [6, 6.07) is 6.25. The smallest absolute Gasteiger partial charge is 0.271 e. The maximum absolute atomic E-state index is 12.3. The van der Waals surface area contributed by atoms with Crippen molar-refractivity contribution in [3.63, 3.8) is 0 Å². The van der Waals surface area contributed by atoms with E-state index in [1.165, 1.54) is 12.3 Å². The Morgan fingerprint density at radius 1 is 1.11 bits per heavy atom. The van der Waals surface area contributed by atoms with E-state index in [0.29, 0.717) is 34.7 Å². The van der Waals surface area contributed by atoms with E-state index < -0.39 is 17.4 Å². The predicted molar refractivity (Wildman–Crippen MR) is 105 cm³/mol. The Morgan fingerprint density at radius 3 is 2.52 bits per heavy atom. The highest BCUT2D eigenvalue weighted by molar-refractivity contribution is 9.10. The molecule has 0 aliphatic heterocycles. The molecule has 0 aliphatic rings. The summed E-state index contributed by atoms with van der Waals surface area (Å²) in [5, 5.41) is 4.95. The highest BCUT2D eigenvalue weighted by Crippen LogP contribution is 2.28. The zero-order valence-electron chi connectivity index (χ0n) is 14.9. The number of halogens is 1. The van der Waals surface area contributed by atoms with Gasteiger partial charge in [-0.2, -0.15) is 0 Å². The molecule has 0 aliphatic carbocycles. The van der Waals surface area contributed by atoms with Gasteiger partial charge in [-0.1, -0.05) is 0 Å². The number of carbonyl (C=O) groups is 2. The summed E-state index contributed by atoms with van der Waals surface area (Å²) in [6.07, 6.45) is 1.46. The first-order valence-corrected chi connectivity index (χ1v) is 9.09. The van der Waals surface area contributed by atoms with Crippen molar-refractivity contribution in [1.29, 1.82) is 0 Å². The maximum Gasteiger partial charge on any atom is 0.271 e. The molecule has 0 bridgehead atoms. The Balaban J connectivity index is 2.00. The van der Waals surface area contributed by atoms with E-state index in [2.05, 4.69) is 31.5 Å². The van der Waals surface area contributed by atoms with E-state index >= 15 is 0 Å². The molecule has 0 saturated carbocycles. The molecule has 27 heavy (non-hydrogen) atoms. The van der Waals surface area contributed by atoms with Crippen LogP contribution >= 0.6 is 15.9 Å². The molecular formula is C18H20BrN3O5. The molecule has 8 nitrogen and oxygen atoms in total. The molecule has 144 valence electrons. The topological polar surface area (TPSA) is 110 Å². The minimum Gasteiger partial charge on any atom is -0.490 e. The highest BCUT2D eigenvalue weighted by atomic mass is 79.9. The van der Waals surface area contributed by atoms with Crippen molar-refractivity contribution in [3.05, 3.63) is 50.9 Å². The number of hydrogen-bond acceptors (Lipinski definition) is 5. The molecule has 0 saturated heterocycles. The molecule has 1 aromatic heterocycles. The van der Waals surface area contributed by atoms with Gasteiger partial charge in [0.25, 0.3) is 11.5 Å². The number of ether oxygens (including phenoxy) is 2. The number of anilines is 1. The second kappa shape index (κ2) is 9.77. The van der Waals surface area contributed by atoms with E-state index in [1.54, 1.807) is 18.2 Å². The Labute approximate surface area is 164 Å². The average Bonchev–Trinajstić information content (AvgIpc) is 2.64. The fourth-order valence-corrected chi connectivity index (χ4v) is 2.54. The first kappa shape index (κ1) is 20.5.